The Bertz CT molecular complexity index is 782. The minimum Gasteiger partial charge on any atom is -0.369 e. The van der Waals surface area contributed by atoms with Crippen molar-refractivity contribution < 1.29 is 8.42 Å². The van der Waals surface area contributed by atoms with Crippen LogP contribution < -0.4 is 4.90 Å². The second-order valence-electron chi connectivity index (χ2n) is 5.68. The molecule has 6 heteroatoms. The molecule has 0 radical (unpaired) electrons. The summed E-state index contributed by atoms with van der Waals surface area (Å²) in [6, 6.07) is 15.2. The predicted octanol–water partition coefficient (Wildman–Crippen LogP) is 3.27. The number of piperazine rings is 1. The number of sulfonamides is 1. The smallest absolute Gasteiger partial charge is 0.243 e. The zero-order chi connectivity index (χ0) is 16.4. The minimum atomic E-state index is -3.42. The molecular formula is C17H19BrN2O2S. The van der Waals surface area contributed by atoms with Gasteiger partial charge in [0.1, 0.15) is 0 Å². The quantitative estimate of drug-likeness (QED) is 0.801. The zero-order valence-electron chi connectivity index (χ0n) is 12.9. The van der Waals surface area contributed by atoms with Crippen LogP contribution in [0.5, 0.6) is 0 Å². The molecule has 0 saturated carbocycles. The predicted molar refractivity (Wildman–Crippen MR) is 96.3 cm³/mol. The second-order valence-corrected chi connectivity index (χ2v) is 8.54. The normalized spacial score (nSPS) is 16.5. The largest absolute Gasteiger partial charge is 0.369 e. The first-order valence-corrected chi connectivity index (χ1v) is 9.77. The van der Waals surface area contributed by atoms with Gasteiger partial charge in [-0.05, 0) is 37.3 Å². The number of hydrogen-bond acceptors (Lipinski definition) is 3. The highest BCUT2D eigenvalue weighted by molar-refractivity contribution is 9.10. The van der Waals surface area contributed by atoms with Gasteiger partial charge in [-0.3, -0.25) is 0 Å². The van der Waals surface area contributed by atoms with E-state index in [1.54, 1.807) is 22.5 Å². The third kappa shape index (κ3) is 3.59. The van der Waals surface area contributed by atoms with Gasteiger partial charge in [-0.25, -0.2) is 8.42 Å². The summed E-state index contributed by atoms with van der Waals surface area (Å²) >= 11 is 3.33. The van der Waals surface area contributed by atoms with Crippen LogP contribution in [0, 0.1) is 6.92 Å². The van der Waals surface area contributed by atoms with E-state index in [1.165, 1.54) is 5.56 Å². The fraction of sp³-hybridized carbons (Fsp3) is 0.294. The number of benzene rings is 2. The fourth-order valence-electron chi connectivity index (χ4n) is 2.72. The van der Waals surface area contributed by atoms with E-state index in [-0.39, 0.29) is 0 Å². The van der Waals surface area contributed by atoms with Gasteiger partial charge in [-0.15, -0.1) is 0 Å². The van der Waals surface area contributed by atoms with Gasteiger partial charge in [-0.2, -0.15) is 4.31 Å². The molecule has 2 aromatic rings. The van der Waals surface area contributed by atoms with Crippen LogP contribution in [-0.4, -0.2) is 38.9 Å². The average Bonchev–Trinajstić information content (AvgIpc) is 2.56. The lowest BCUT2D eigenvalue weighted by atomic mass is 10.2. The minimum absolute atomic E-state index is 0.343. The summed E-state index contributed by atoms with van der Waals surface area (Å²) in [5.74, 6) is 0. The van der Waals surface area contributed by atoms with Gasteiger partial charge in [0.15, 0.2) is 0 Å². The van der Waals surface area contributed by atoms with E-state index in [0.717, 1.165) is 10.2 Å². The fourth-order valence-corrected chi connectivity index (χ4v) is 4.74. The van der Waals surface area contributed by atoms with E-state index in [9.17, 15) is 8.42 Å². The van der Waals surface area contributed by atoms with E-state index >= 15 is 0 Å². The SMILES string of the molecule is Cc1ccc(N2CCN(S(=O)(=O)c3cccc(Br)c3)CC2)cc1. The number of anilines is 1. The molecule has 4 nitrogen and oxygen atoms in total. The summed E-state index contributed by atoms with van der Waals surface area (Å²) in [6.45, 7) is 4.48. The molecule has 2 aromatic carbocycles. The summed E-state index contributed by atoms with van der Waals surface area (Å²) in [7, 11) is -3.42. The summed E-state index contributed by atoms with van der Waals surface area (Å²) in [5.41, 5.74) is 2.37. The van der Waals surface area contributed by atoms with Crippen molar-refractivity contribution in [1.29, 1.82) is 0 Å². The van der Waals surface area contributed by atoms with Crippen LogP contribution in [0.3, 0.4) is 0 Å². The van der Waals surface area contributed by atoms with Gasteiger partial charge in [0.2, 0.25) is 10.0 Å². The van der Waals surface area contributed by atoms with Crippen LogP contribution in [0.25, 0.3) is 0 Å². The molecule has 0 aromatic heterocycles. The molecule has 1 fully saturated rings. The van der Waals surface area contributed by atoms with Gasteiger partial charge >= 0.3 is 0 Å². The molecule has 1 aliphatic rings. The Morgan fingerprint density at radius 1 is 0.957 bits per heavy atom. The van der Waals surface area contributed by atoms with Crippen molar-refractivity contribution >= 4 is 31.6 Å². The summed E-state index contributed by atoms with van der Waals surface area (Å²) in [5, 5.41) is 0. The zero-order valence-corrected chi connectivity index (χ0v) is 15.3. The van der Waals surface area contributed by atoms with Crippen molar-refractivity contribution in [3.63, 3.8) is 0 Å². The molecule has 23 heavy (non-hydrogen) atoms. The number of halogens is 1. The molecule has 1 heterocycles. The number of nitrogens with zero attached hydrogens (tertiary/aromatic N) is 2. The summed E-state index contributed by atoms with van der Waals surface area (Å²) in [4.78, 5) is 2.57. The Balaban J connectivity index is 1.72. The molecule has 0 atom stereocenters. The Morgan fingerprint density at radius 3 is 2.22 bits per heavy atom. The van der Waals surface area contributed by atoms with Crippen LogP contribution in [0.1, 0.15) is 5.56 Å². The van der Waals surface area contributed by atoms with Crippen LogP contribution in [0.4, 0.5) is 5.69 Å². The van der Waals surface area contributed by atoms with E-state index in [0.29, 0.717) is 31.1 Å². The molecule has 3 rings (SSSR count). The van der Waals surface area contributed by atoms with Gasteiger partial charge < -0.3 is 4.90 Å². The standard InChI is InChI=1S/C17H19BrN2O2S/c1-14-5-7-16(8-6-14)19-9-11-20(12-10-19)23(21,22)17-4-2-3-15(18)13-17/h2-8,13H,9-12H2,1H3. The maximum Gasteiger partial charge on any atom is 0.243 e. The number of rotatable bonds is 3. The van der Waals surface area contributed by atoms with E-state index in [2.05, 4.69) is 52.0 Å². The summed E-state index contributed by atoms with van der Waals surface area (Å²) < 4.78 is 27.8. The Hall–Kier alpha value is -1.37. The van der Waals surface area contributed by atoms with Crippen molar-refractivity contribution in [2.45, 2.75) is 11.8 Å². The van der Waals surface area contributed by atoms with E-state index in [4.69, 9.17) is 0 Å². The molecule has 1 saturated heterocycles. The molecular weight excluding hydrogens is 376 g/mol. The van der Waals surface area contributed by atoms with Crippen LogP contribution in [0.15, 0.2) is 57.9 Å². The van der Waals surface area contributed by atoms with E-state index in [1.807, 2.05) is 6.07 Å². The van der Waals surface area contributed by atoms with E-state index < -0.39 is 10.0 Å². The van der Waals surface area contributed by atoms with Gasteiger partial charge in [0.25, 0.3) is 0 Å². The van der Waals surface area contributed by atoms with Crippen LogP contribution >= 0.6 is 15.9 Å². The van der Waals surface area contributed by atoms with Crippen molar-refractivity contribution in [3.05, 3.63) is 58.6 Å². The molecule has 0 N–H and O–H groups in total. The third-order valence-corrected chi connectivity index (χ3v) is 6.46. The first-order chi connectivity index (χ1) is 11.0. The Morgan fingerprint density at radius 2 is 1.61 bits per heavy atom. The Kier molecular flexibility index (Phi) is 4.75. The first kappa shape index (κ1) is 16.5. The molecule has 0 aliphatic carbocycles. The lowest BCUT2D eigenvalue weighted by molar-refractivity contribution is 0.385. The maximum atomic E-state index is 12.7. The number of aryl methyl sites for hydroxylation is 1. The highest BCUT2D eigenvalue weighted by Gasteiger charge is 2.28. The maximum absolute atomic E-state index is 12.7. The van der Waals surface area contributed by atoms with Gasteiger partial charge in [-0.1, -0.05) is 39.7 Å². The van der Waals surface area contributed by atoms with Crippen LogP contribution in [-0.2, 0) is 10.0 Å². The molecule has 0 amide bonds. The average molecular weight is 395 g/mol. The molecule has 0 spiro atoms. The lowest BCUT2D eigenvalue weighted by Gasteiger charge is -2.35. The molecule has 0 bridgehead atoms. The Labute approximate surface area is 145 Å². The number of hydrogen-bond donors (Lipinski definition) is 0. The third-order valence-electron chi connectivity index (χ3n) is 4.07. The summed E-state index contributed by atoms with van der Waals surface area (Å²) in [6.07, 6.45) is 0. The van der Waals surface area contributed by atoms with Gasteiger partial charge in [0, 0.05) is 36.3 Å². The van der Waals surface area contributed by atoms with Crippen molar-refractivity contribution in [2.75, 3.05) is 31.1 Å². The molecule has 1 aliphatic heterocycles. The second kappa shape index (κ2) is 6.63. The monoisotopic (exact) mass is 394 g/mol. The highest BCUT2D eigenvalue weighted by atomic mass is 79.9. The molecule has 122 valence electrons. The van der Waals surface area contributed by atoms with Crippen molar-refractivity contribution in [1.82, 2.24) is 4.31 Å². The van der Waals surface area contributed by atoms with Crippen LogP contribution in [0.2, 0.25) is 0 Å². The topological polar surface area (TPSA) is 40.6 Å². The van der Waals surface area contributed by atoms with Crippen molar-refractivity contribution in [3.8, 4) is 0 Å². The molecule has 0 unspecified atom stereocenters. The first-order valence-electron chi connectivity index (χ1n) is 7.54. The van der Waals surface area contributed by atoms with Gasteiger partial charge in [0.05, 0.1) is 4.90 Å². The van der Waals surface area contributed by atoms with Crippen molar-refractivity contribution in [2.24, 2.45) is 0 Å². The lowest BCUT2D eigenvalue weighted by Crippen LogP contribution is -2.48. The highest BCUT2D eigenvalue weighted by Crippen LogP contribution is 2.23.